The Labute approximate surface area is 101 Å². The van der Waals surface area contributed by atoms with Crippen molar-refractivity contribution in [2.24, 2.45) is 0 Å². The summed E-state index contributed by atoms with van der Waals surface area (Å²) in [6.45, 7) is 3.37. The van der Waals surface area contributed by atoms with Gasteiger partial charge in [-0.15, -0.1) is 0 Å². The van der Waals surface area contributed by atoms with Gasteiger partial charge in [0.15, 0.2) is 11.5 Å². The molecule has 1 rings (SSSR count). The molecule has 0 saturated carbocycles. The maximum absolute atomic E-state index is 9.00. The summed E-state index contributed by atoms with van der Waals surface area (Å²) in [5.41, 5.74) is 0.815. The van der Waals surface area contributed by atoms with Gasteiger partial charge in [-0.3, -0.25) is 0 Å². The summed E-state index contributed by atoms with van der Waals surface area (Å²) in [4.78, 5) is 0. The maximum Gasteiger partial charge on any atom is 0.203 e. The molecule has 4 nitrogen and oxygen atoms in total. The van der Waals surface area contributed by atoms with Gasteiger partial charge in [-0.25, -0.2) is 0 Å². The van der Waals surface area contributed by atoms with Gasteiger partial charge in [-0.05, 0) is 23.8 Å². The smallest absolute Gasteiger partial charge is 0.203 e. The molecule has 0 amide bonds. The van der Waals surface area contributed by atoms with Crippen LogP contribution < -0.4 is 14.2 Å². The number of benzene rings is 1. The van der Waals surface area contributed by atoms with E-state index in [4.69, 9.17) is 19.3 Å². The van der Waals surface area contributed by atoms with E-state index < -0.39 is 0 Å². The minimum Gasteiger partial charge on any atom is -0.509 e. The van der Waals surface area contributed by atoms with Crippen molar-refractivity contribution in [1.82, 2.24) is 0 Å². The third-order valence-electron chi connectivity index (χ3n) is 2.16. The van der Waals surface area contributed by atoms with E-state index in [1.807, 2.05) is 0 Å². The molecule has 1 aromatic rings. The number of aliphatic hydroxyl groups excluding tert-OH is 1. The van der Waals surface area contributed by atoms with Gasteiger partial charge in [0.2, 0.25) is 5.75 Å². The lowest BCUT2D eigenvalue weighted by molar-refractivity contribution is 0.324. The number of hydrogen-bond donors (Lipinski definition) is 1. The van der Waals surface area contributed by atoms with Crippen molar-refractivity contribution in [2.75, 3.05) is 21.3 Å². The van der Waals surface area contributed by atoms with Crippen molar-refractivity contribution in [3.05, 3.63) is 36.1 Å². The molecule has 0 aliphatic heterocycles. The van der Waals surface area contributed by atoms with E-state index in [9.17, 15) is 0 Å². The highest BCUT2D eigenvalue weighted by atomic mass is 16.5. The van der Waals surface area contributed by atoms with E-state index in [0.29, 0.717) is 17.2 Å². The van der Waals surface area contributed by atoms with Crippen LogP contribution in [0.3, 0.4) is 0 Å². The first kappa shape index (κ1) is 13.0. The Kier molecular flexibility index (Phi) is 4.46. The predicted molar refractivity (Wildman–Crippen MR) is 66.9 cm³/mol. The van der Waals surface area contributed by atoms with E-state index in [0.717, 1.165) is 5.56 Å². The second-order valence-electron chi connectivity index (χ2n) is 3.28. The summed E-state index contributed by atoms with van der Waals surface area (Å²) in [6.07, 6.45) is 3.19. The van der Waals surface area contributed by atoms with Crippen LogP contribution in [0.1, 0.15) is 5.56 Å². The molecule has 0 heterocycles. The number of aliphatic hydroxyl groups is 1. The van der Waals surface area contributed by atoms with Crippen molar-refractivity contribution >= 4 is 6.08 Å². The van der Waals surface area contributed by atoms with E-state index in [2.05, 4.69) is 6.58 Å². The van der Waals surface area contributed by atoms with E-state index in [-0.39, 0.29) is 5.76 Å². The zero-order valence-corrected chi connectivity index (χ0v) is 10.2. The summed E-state index contributed by atoms with van der Waals surface area (Å²) in [5, 5.41) is 9.00. The lowest BCUT2D eigenvalue weighted by Gasteiger charge is -2.12. The van der Waals surface area contributed by atoms with Crippen LogP contribution in [-0.2, 0) is 0 Å². The summed E-state index contributed by atoms with van der Waals surface area (Å²) < 4.78 is 15.6. The van der Waals surface area contributed by atoms with Crippen molar-refractivity contribution in [3.8, 4) is 17.2 Å². The average Bonchev–Trinajstić information content (AvgIpc) is 2.34. The Morgan fingerprint density at radius 1 is 1.12 bits per heavy atom. The minimum atomic E-state index is -0.0150. The Hall–Kier alpha value is -2.10. The van der Waals surface area contributed by atoms with E-state index in [1.165, 1.54) is 6.08 Å². The van der Waals surface area contributed by atoms with Crippen LogP contribution >= 0.6 is 0 Å². The second kappa shape index (κ2) is 5.84. The highest BCUT2D eigenvalue weighted by Gasteiger charge is 2.11. The summed E-state index contributed by atoms with van der Waals surface area (Å²) in [5.74, 6) is 1.65. The minimum absolute atomic E-state index is 0.0150. The van der Waals surface area contributed by atoms with Gasteiger partial charge in [0.25, 0.3) is 0 Å². The van der Waals surface area contributed by atoms with Crippen molar-refractivity contribution in [1.29, 1.82) is 0 Å². The molecule has 0 atom stereocenters. The van der Waals surface area contributed by atoms with E-state index >= 15 is 0 Å². The van der Waals surface area contributed by atoms with Crippen LogP contribution in [0, 0.1) is 0 Å². The molecular weight excluding hydrogens is 220 g/mol. The van der Waals surface area contributed by atoms with Crippen molar-refractivity contribution < 1.29 is 19.3 Å². The van der Waals surface area contributed by atoms with Gasteiger partial charge in [0.1, 0.15) is 5.76 Å². The van der Waals surface area contributed by atoms with Crippen LogP contribution in [-0.4, -0.2) is 26.4 Å². The lowest BCUT2D eigenvalue weighted by atomic mass is 10.1. The Balaban J connectivity index is 3.22. The largest absolute Gasteiger partial charge is 0.509 e. The molecule has 92 valence electrons. The Morgan fingerprint density at radius 2 is 1.65 bits per heavy atom. The molecule has 17 heavy (non-hydrogen) atoms. The van der Waals surface area contributed by atoms with Gasteiger partial charge in [0, 0.05) is 0 Å². The zero-order chi connectivity index (χ0) is 12.8. The van der Waals surface area contributed by atoms with Gasteiger partial charge in [-0.1, -0.05) is 12.7 Å². The molecule has 4 heteroatoms. The fourth-order valence-electron chi connectivity index (χ4n) is 1.39. The normalized spacial score (nSPS) is 10.3. The van der Waals surface area contributed by atoms with E-state index in [1.54, 1.807) is 39.5 Å². The topological polar surface area (TPSA) is 47.9 Å². The first-order valence-corrected chi connectivity index (χ1v) is 4.98. The molecule has 0 aliphatic carbocycles. The SMILES string of the molecule is C=C(O)/C=C/c1cc(OC)c(OC)c(OC)c1. The molecule has 0 bridgehead atoms. The summed E-state index contributed by atoms with van der Waals surface area (Å²) in [7, 11) is 4.65. The Bertz CT molecular complexity index is 410. The molecule has 0 spiro atoms. The molecular formula is C13H16O4. The maximum atomic E-state index is 9.00. The van der Waals surface area contributed by atoms with Crippen LogP contribution in [0.4, 0.5) is 0 Å². The summed E-state index contributed by atoms with van der Waals surface area (Å²) >= 11 is 0. The fraction of sp³-hybridized carbons (Fsp3) is 0.231. The Morgan fingerprint density at radius 3 is 2.00 bits per heavy atom. The number of methoxy groups -OCH3 is 3. The molecule has 1 aromatic carbocycles. The second-order valence-corrected chi connectivity index (χ2v) is 3.28. The highest BCUT2D eigenvalue weighted by molar-refractivity contribution is 5.62. The number of allylic oxidation sites excluding steroid dienone is 1. The monoisotopic (exact) mass is 236 g/mol. The first-order valence-electron chi connectivity index (χ1n) is 4.98. The lowest BCUT2D eigenvalue weighted by Crippen LogP contribution is -1.95. The third-order valence-corrected chi connectivity index (χ3v) is 2.16. The van der Waals surface area contributed by atoms with Crippen LogP contribution in [0.5, 0.6) is 17.2 Å². The van der Waals surface area contributed by atoms with Crippen molar-refractivity contribution in [3.63, 3.8) is 0 Å². The molecule has 1 N–H and O–H groups in total. The van der Waals surface area contributed by atoms with Crippen LogP contribution in [0.15, 0.2) is 30.5 Å². The third kappa shape index (κ3) is 3.17. The van der Waals surface area contributed by atoms with Crippen molar-refractivity contribution in [2.45, 2.75) is 0 Å². The summed E-state index contributed by atoms with van der Waals surface area (Å²) in [6, 6.07) is 3.56. The predicted octanol–water partition coefficient (Wildman–Crippen LogP) is 2.80. The highest BCUT2D eigenvalue weighted by Crippen LogP contribution is 2.38. The zero-order valence-electron chi connectivity index (χ0n) is 10.2. The van der Waals surface area contributed by atoms with Crippen LogP contribution in [0.2, 0.25) is 0 Å². The number of hydrogen-bond acceptors (Lipinski definition) is 4. The molecule has 0 aromatic heterocycles. The molecule has 0 radical (unpaired) electrons. The van der Waals surface area contributed by atoms with Gasteiger partial charge < -0.3 is 19.3 Å². The molecule has 0 fully saturated rings. The van der Waals surface area contributed by atoms with Gasteiger partial charge >= 0.3 is 0 Å². The van der Waals surface area contributed by atoms with Gasteiger partial charge in [0.05, 0.1) is 21.3 Å². The quantitative estimate of drug-likeness (QED) is 0.630. The first-order chi connectivity index (χ1) is 8.12. The van der Waals surface area contributed by atoms with Gasteiger partial charge in [-0.2, -0.15) is 0 Å². The molecule has 0 unspecified atom stereocenters. The number of rotatable bonds is 5. The molecule has 0 aliphatic rings. The number of ether oxygens (including phenoxy) is 3. The molecule has 0 saturated heterocycles. The average molecular weight is 236 g/mol. The standard InChI is InChI=1S/C13H16O4/c1-9(14)5-6-10-7-11(15-2)13(17-4)12(8-10)16-3/h5-8,14H,1H2,2-4H3/b6-5+. The fourth-order valence-corrected chi connectivity index (χ4v) is 1.39. The van der Waals surface area contributed by atoms with Crippen LogP contribution in [0.25, 0.3) is 6.08 Å².